The highest BCUT2D eigenvalue weighted by Gasteiger charge is 2.07. The van der Waals surface area contributed by atoms with Gasteiger partial charge in [0.1, 0.15) is 5.69 Å². The Morgan fingerprint density at radius 3 is 2.75 bits per heavy atom. The third-order valence-electron chi connectivity index (χ3n) is 1.87. The molecule has 0 fully saturated rings. The van der Waals surface area contributed by atoms with Crippen molar-refractivity contribution in [3.8, 4) is 17.3 Å². The summed E-state index contributed by atoms with van der Waals surface area (Å²) in [5.74, 6) is 0.834. The number of nitrogens with zero attached hydrogens (tertiary/aromatic N) is 2. The van der Waals surface area contributed by atoms with E-state index in [0.717, 1.165) is 0 Å². The fraction of sp³-hybridized carbons (Fsp3) is 0.273. The molecule has 2 N–H and O–H groups in total. The Bertz CT molecular complexity index is 480. The normalized spacial score (nSPS) is 10.7. The quantitative estimate of drug-likeness (QED) is 0.855. The van der Waals surface area contributed by atoms with Crippen molar-refractivity contribution in [1.82, 2.24) is 10.1 Å². The molecule has 0 unspecified atom stereocenters. The van der Waals surface area contributed by atoms with Crippen LogP contribution in [-0.2, 0) is 0 Å². The minimum atomic E-state index is 0.0881. The van der Waals surface area contributed by atoms with Crippen LogP contribution in [-0.4, -0.2) is 16.2 Å². The highest BCUT2D eigenvalue weighted by molar-refractivity contribution is 5.57. The molecule has 0 spiro atoms. The minimum Gasteiger partial charge on any atom is -0.475 e. The molecule has 16 heavy (non-hydrogen) atoms. The largest absolute Gasteiger partial charge is 0.475 e. The lowest BCUT2D eigenvalue weighted by Gasteiger charge is -2.08. The highest BCUT2D eigenvalue weighted by Crippen LogP contribution is 2.20. The first kappa shape index (κ1) is 10.5. The molecule has 0 saturated heterocycles. The number of pyridine rings is 1. The molecule has 0 radical (unpaired) electrons. The topological polar surface area (TPSA) is 74.2 Å². The van der Waals surface area contributed by atoms with Gasteiger partial charge in [-0.25, -0.2) is 4.98 Å². The van der Waals surface area contributed by atoms with Crippen molar-refractivity contribution in [1.29, 1.82) is 0 Å². The van der Waals surface area contributed by atoms with Crippen molar-refractivity contribution in [3.63, 3.8) is 0 Å². The Hall–Kier alpha value is -2.04. The first-order valence-electron chi connectivity index (χ1n) is 5.01. The van der Waals surface area contributed by atoms with Crippen molar-refractivity contribution >= 4 is 5.88 Å². The molecule has 0 aromatic carbocycles. The first-order valence-corrected chi connectivity index (χ1v) is 5.01. The van der Waals surface area contributed by atoms with E-state index in [1.165, 1.54) is 0 Å². The summed E-state index contributed by atoms with van der Waals surface area (Å²) in [6, 6.07) is 7.10. The number of hydrogen-bond donors (Lipinski definition) is 1. The fourth-order valence-corrected chi connectivity index (χ4v) is 1.27. The van der Waals surface area contributed by atoms with Gasteiger partial charge >= 0.3 is 0 Å². The number of ether oxygens (including phenoxy) is 1. The summed E-state index contributed by atoms with van der Waals surface area (Å²) in [5.41, 5.74) is 6.73. The van der Waals surface area contributed by atoms with E-state index in [4.69, 9.17) is 15.0 Å². The molecular formula is C11H13N3O2. The van der Waals surface area contributed by atoms with Gasteiger partial charge in [0.15, 0.2) is 0 Å². The Kier molecular flexibility index (Phi) is 2.76. The zero-order valence-electron chi connectivity index (χ0n) is 9.18. The minimum absolute atomic E-state index is 0.0881. The van der Waals surface area contributed by atoms with Crippen molar-refractivity contribution in [2.75, 3.05) is 5.73 Å². The molecule has 0 aliphatic heterocycles. The molecule has 0 aliphatic rings. The molecular weight excluding hydrogens is 206 g/mol. The van der Waals surface area contributed by atoms with E-state index in [-0.39, 0.29) is 12.0 Å². The maximum atomic E-state index is 5.48. The predicted molar refractivity (Wildman–Crippen MR) is 59.9 cm³/mol. The van der Waals surface area contributed by atoms with Crippen molar-refractivity contribution in [2.24, 2.45) is 0 Å². The summed E-state index contributed by atoms with van der Waals surface area (Å²) in [4.78, 5) is 4.30. The Morgan fingerprint density at radius 2 is 2.12 bits per heavy atom. The molecule has 5 heteroatoms. The molecule has 2 aromatic heterocycles. The van der Waals surface area contributed by atoms with Crippen LogP contribution in [0.3, 0.4) is 0 Å². The predicted octanol–water partition coefficient (Wildman–Crippen LogP) is 2.11. The van der Waals surface area contributed by atoms with Crippen LogP contribution in [0.5, 0.6) is 5.88 Å². The number of rotatable bonds is 3. The van der Waals surface area contributed by atoms with Crippen LogP contribution in [0.25, 0.3) is 11.4 Å². The molecule has 2 rings (SSSR count). The van der Waals surface area contributed by atoms with Gasteiger partial charge in [0.25, 0.3) is 0 Å². The lowest BCUT2D eigenvalue weighted by Crippen LogP contribution is -2.06. The van der Waals surface area contributed by atoms with Gasteiger partial charge < -0.3 is 15.0 Å². The number of nitrogen functional groups attached to an aromatic ring is 1. The molecule has 0 amide bonds. The lowest BCUT2D eigenvalue weighted by atomic mass is 10.3. The third kappa shape index (κ3) is 2.31. The molecule has 84 valence electrons. The second kappa shape index (κ2) is 4.22. The van der Waals surface area contributed by atoms with Gasteiger partial charge in [-0.2, -0.15) is 0 Å². The average molecular weight is 219 g/mol. The van der Waals surface area contributed by atoms with Gasteiger partial charge in [-0.3, -0.25) is 0 Å². The summed E-state index contributed by atoms with van der Waals surface area (Å²) < 4.78 is 10.3. The molecule has 0 bridgehead atoms. The maximum Gasteiger partial charge on any atom is 0.222 e. The summed E-state index contributed by atoms with van der Waals surface area (Å²) in [6.45, 7) is 3.89. The molecule has 0 aliphatic carbocycles. The SMILES string of the molecule is CC(C)Oc1cccc(-c2cc(N)on2)n1. The monoisotopic (exact) mass is 219 g/mol. The summed E-state index contributed by atoms with van der Waals surface area (Å²) >= 11 is 0. The Morgan fingerprint density at radius 1 is 1.31 bits per heavy atom. The summed E-state index contributed by atoms with van der Waals surface area (Å²) in [7, 11) is 0. The van der Waals surface area contributed by atoms with E-state index < -0.39 is 0 Å². The third-order valence-corrected chi connectivity index (χ3v) is 1.87. The van der Waals surface area contributed by atoms with Gasteiger partial charge in [0.2, 0.25) is 11.8 Å². The Labute approximate surface area is 93.2 Å². The molecule has 0 atom stereocenters. The fourth-order valence-electron chi connectivity index (χ4n) is 1.27. The number of nitrogens with two attached hydrogens (primary N) is 1. The molecule has 2 aromatic rings. The molecule has 0 saturated carbocycles. The average Bonchev–Trinajstić information content (AvgIpc) is 2.64. The first-order chi connectivity index (χ1) is 7.65. The van der Waals surface area contributed by atoms with Crippen LogP contribution in [0.15, 0.2) is 28.8 Å². The number of anilines is 1. The summed E-state index contributed by atoms with van der Waals surface area (Å²) in [6.07, 6.45) is 0.0881. The standard InChI is InChI=1S/C11H13N3O2/c1-7(2)15-11-5-3-4-8(13-11)9-6-10(12)16-14-9/h3-7H,12H2,1-2H3. The van der Waals surface area contributed by atoms with Gasteiger partial charge in [-0.05, 0) is 19.9 Å². The van der Waals surface area contributed by atoms with Crippen LogP contribution in [0.1, 0.15) is 13.8 Å². The van der Waals surface area contributed by atoms with Crippen LogP contribution in [0.4, 0.5) is 5.88 Å². The van der Waals surface area contributed by atoms with E-state index in [2.05, 4.69) is 10.1 Å². The Balaban J connectivity index is 2.28. The van der Waals surface area contributed by atoms with Crippen LogP contribution < -0.4 is 10.5 Å². The zero-order valence-corrected chi connectivity index (χ0v) is 9.18. The van der Waals surface area contributed by atoms with E-state index >= 15 is 0 Å². The van der Waals surface area contributed by atoms with E-state index in [9.17, 15) is 0 Å². The molecule has 2 heterocycles. The van der Waals surface area contributed by atoms with Crippen molar-refractivity contribution in [3.05, 3.63) is 24.3 Å². The van der Waals surface area contributed by atoms with E-state index in [1.807, 2.05) is 26.0 Å². The van der Waals surface area contributed by atoms with Gasteiger partial charge in [0.05, 0.1) is 11.8 Å². The number of hydrogen-bond acceptors (Lipinski definition) is 5. The molecule has 5 nitrogen and oxygen atoms in total. The van der Waals surface area contributed by atoms with Gasteiger partial charge in [0, 0.05) is 12.1 Å². The lowest BCUT2D eigenvalue weighted by molar-refractivity contribution is 0.233. The smallest absolute Gasteiger partial charge is 0.222 e. The highest BCUT2D eigenvalue weighted by atomic mass is 16.5. The van der Waals surface area contributed by atoms with Crippen molar-refractivity contribution in [2.45, 2.75) is 20.0 Å². The zero-order chi connectivity index (χ0) is 11.5. The maximum absolute atomic E-state index is 5.48. The van der Waals surface area contributed by atoms with Crippen molar-refractivity contribution < 1.29 is 9.26 Å². The van der Waals surface area contributed by atoms with Gasteiger partial charge in [-0.1, -0.05) is 11.2 Å². The second-order valence-electron chi connectivity index (χ2n) is 3.64. The van der Waals surface area contributed by atoms with Crippen LogP contribution in [0.2, 0.25) is 0 Å². The number of aromatic nitrogens is 2. The second-order valence-corrected chi connectivity index (χ2v) is 3.64. The van der Waals surface area contributed by atoms with E-state index in [0.29, 0.717) is 17.3 Å². The van der Waals surface area contributed by atoms with Gasteiger partial charge in [-0.15, -0.1) is 0 Å². The van der Waals surface area contributed by atoms with Crippen LogP contribution in [0, 0.1) is 0 Å². The van der Waals surface area contributed by atoms with Crippen LogP contribution >= 0.6 is 0 Å². The van der Waals surface area contributed by atoms with E-state index in [1.54, 1.807) is 12.1 Å². The summed E-state index contributed by atoms with van der Waals surface area (Å²) in [5, 5.41) is 3.79.